The summed E-state index contributed by atoms with van der Waals surface area (Å²) in [5.74, 6) is -1.76. The van der Waals surface area contributed by atoms with Crippen molar-refractivity contribution >= 4 is 34.2 Å². The lowest BCUT2D eigenvalue weighted by Gasteiger charge is -2.19. The number of halogens is 5. The standard InChI is InChI=1S/C24H15BF5N5O5S/c1-2-41(37,38)18-9-10-19(35-22(36)34(12-31-35)14-5-3-13(25)4-6-14)33-20(18)21-32-16-11-15(7-8-17(16)39-21)40-24(29,30)23(26,27)28/h3-12H,2H2,1H3. The van der Waals surface area contributed by atoms with E-state index < -0.39 is 39.5 Å². The normalized spacial score (nSPS) is 12.6. The van der Waals surface area contributed by atoms with E-state index in [1.54, 1.807) is 24.3 Å². The van der Waals surface area contributed by atoms with E-state index in [9.17, 15) is 35.2 Å². The number of pyridine rings is 1. The van der Waals surface area contributed by atoms with Crippen LogP contribution in [-0.2, 0) is 9.84 Å². The molecule has 0 unspecified atom stereocenters. The van der Waals surface area contributed by atoms with Gasteiger partial charge in [-0.15, -0.1) is 0 Å². The Balaban J connectivity index is 1.61. The molecule has 0 aliphatic carbocycles. The summed E-state index contributed by atoms with van der Waals surface area (Å²) in [6.07, 6.45) is -10.2. The molecular weight excluding hydrogens is 576 g/mol. The van der Waals surface area contributed by atoms with Gasteiger partial charge in [-0.3, -0.25) is 0 Å². The maximum absolute atomic E-state index is 13.4. The molecule has 0 aliphatic rings. The Hall–Kier alpha value is -4.54. The number of benzene rings is 2. The second kappa shape index (κ2) is 9.83. The molecule has 0 saturated heterocycles. The number of hydrogen-bond acceptors (Lipinski definition) is 8. The lowest BCUT2D eigenvalue weighted by atomic mass is 9.96. The van der Waals surface area contributed by atoms with Crippen molar-refractivity contribution in [3.8, 4) is 28.8 Å². The molecule has 0 saturated carbocycles. The molecule has 17 heteroatoms. The zero-order valence-corrected chi connectivity index (χ0v) is 21.4. The fourth-order valence-electron chi connectivity index (χ4n) is 3.66. The Morgan fingerprint density at radius 2 is 1.71 bits per heavy atom. The highest BCUT2D eigenvalue weighted by Gasteiger charge is 2.61. The molecule has 5 aromatic rings. The molecule has 3 aromatic heterocycles. The fourth-order valence-corrected chi connectivity index (χ4v) is 4.68. The first kappa shape index (κ1) is 28.0. The number of aromatic nitrogens is 5. The number of fused-ring (bicyclic) bond motifs is 1. The molecule has 0 spiro atoms. The molecule has 0 bridgehead atoms. The molecule has 3 heterocycles. The second-order valence-corrected chi connectivity index (χ2v) is 10.7. The van der Waals surface area contributed by atoms with Crippen molar-refractivity contribution < 1.29 is 39.5 Å². The summed E-state index contributed by atoms with van der Waals surface area (Å²) in [6.45, 7) is 1.38. The monoisotopic (exact) mass is 591 g/mol. The highest BCUT2D eigenvalue weighted by atomic mass is 32.2. The Kier molecular flexibility index (Phi) is 6.72. The Morgan fingerprint density at radius 3 is 2.37 bits per heavy atom. The van der Waals surface area contributed by atoms with Gasteiger partial charge in [-0.25, -0.2) is 27.7 Å². The molecule has 0 atom stereocenters. The highest BCUT2D eigenvalue weighted by Crippen LogP contribution is 2.38. The van der Waals surface area contributed by atoms with E-state index in [1.165, 1.54) is 30.0 Å². The van der Waals surface area contributed by atoms with Crippen molar-refractivity contribution in [1.82, 2.24) is 24.3 Å². The molecule has 0 N–H and O–H groups in total. The van der Waals surface area contributed by atoms with Gasteiger partial charge < -0.3 is 9.15 Å². The van der Waals surface area contributed by atoms with Gasteiger partial charge in [-0.1, -0.05) is 24.5 Å². The average Bonchev–Trinajstić information content (AvgIpc) is 3.51. The molecule has 41 heavy (non-hydrogen) atoms. The molecule has 210 valence electrons. The van der Waals surface area contributed by atoms with Gasteiger partial charge in [0, 0.05) is 6.07 Å². The van der Waals surface area contributed by atoms with E-state index in [0.717, 1.165) is 22.9 Å². The van der Waals surface area contributed by atoms with Gasteiger partial charge in [0.15, 0.2) is 21.2 Å². The van der Waals surface area contributed by atoms with Crippen LogP contribution in [-0.4, -0.2) is 58.6 Å². The zero-order valence-electron chi connectivity index (χ0n) is 20.6. The summed E-state index contributed by atoms with van der Waals surface area (Å²) >= 11 is 0. The minimum absolute atomic E-state index is 0.0977. The highest BCUT2D eigenvalue weighted by molar-refractivity contribution is 7.91. The number of sulfone groups is 1. The predicted octanol–water partition coefficient (Wildman–Crippen LogP) is 3.35. The van der Waals surface area contributed by atoms with Crippen LogP contribution >= 0.6 is 0 Å². The van der Waals surface area contributed by atoms with Gasteiger partial charge in [0.25, 0.3) is 0 Å². The van der Waals surface area contributed by atoms with Crippen molar-refractivity contribution in [2.75, 3.05) is 5.75 Å². The van der Waals surface area contributed by atoms with Crippen molar-refractivity contribution in [1.29, 1.82) is 0 Å². The first-order chi connectivity index (χ1) is 19.2. The summed E-state index contributed by atoms with van der Waals surface area (Å²) in [6, 6.07) is 11.3. The van der Waals surface area contributed by atoms with Crippen LogP contribution < -0.4 is 15.9 Å². The van der Waals surface area contributed by atoms with E-state index in [0.29, 0.717) is 11.2 Å². The lowest BCUT2D eigenvalue weighted by molar-refractivity contribution is -0.360. The van der Waals surface area contributed by atoms with Crippen LogP contribution in [0.1, 0.15) is 6.92 Å². The molecule has 2 aromatic carbocycles. The Morgan fingerprint density at radius 1 is 1.00 bits per heavy atom. The lowest BCUT2D eigenvalue weighted by Crippen LogP contribution is -2.41. The molecule has 0 amide bonds. The summed E-state index contributed by atoms with van der Waals surface area (Å²) in [4.78, 5) is 21.0. The third-order valence-corrected chi connectivity index (χ3v) is 7.51. The minimum Gasteiger partial charge on any atom is -0.435 e. The van der Waals surface area contributed by atoms with Crippen molar-refractivity contribution in [3.63, 3.8) is 0 Å². The number of nitrogens with zero attached hydrogens (tertiary/aromatic N) is 5. The fraction of sp³-hybridized carbons (Fsp3) is 0.167. The first-order valence-electron chi connectivity index (χ1n) is 11.5. The van der Waals surface area contributed by atoms with Crippen LogP contribution in [0.4, 0.5) is 22.0 Å². The SMILES string of the molecule is [B]c1ccc(-n2cnn(-c3ccc(S(=O)(=O)CC)c(-c4nc5cc(OC(F)(F)C(F)(F)F)ccc5o4)n3)c2=O)cc1. The smallest absolute Gasteiger partial charge is 0.435 e. The number of alkyl halides is 5. The van der Waals surface area contributed by atoms with Crippen LogP contribution in [0.15, 0.2) is 75.0 Å². The molecule has 0 aliphatic heterocycles. The number of ether oxygens (including phenoxy) is 1. The van der Waals surface area contributed by atoms with Crippen LogP contribution in [0.2, 0.25) is 0 Å². The second-order valence-electron chi connectivity index (χ2n) is 8.47. The Bertz CT molecular complexity index is 1940. The summed E-state index contributed by atoms with van der Waals surface area (Å²) < 4.78 is 102. The number of rotatable bonds is 7. The van der Waals surface area contributed by atoms with E-state index in [2.05, 4.69) is 19.8 Å². The van der Waals surface area contributed by atoms with E-state index >= 15 is 0 Å². The summed E-state index contributed by atoms with van der Waals surface area (Å²) in [5, 5.41) is 4.03. The van der Waals surface area contributed by atoms with Gasteiger partial charge in [0.2, 0.25) is 5.89 Å². The van der Waals surface area contributed by atoms with Crippen molar-refractivity contribution in [2.24, 2.45) is 0 Å². The first-order valence-corrected chi connectivity index (χ1v) is 13.2. The van der Waals surface area contributed by atoms with Gasteiger partial charge in [0.1, 0.15) is 31.1 Å². The third kappa shape index (κ3) is 5.19. The molecule has 5 rings (SSSR count). The predicted molar refractivity (Wildman–Crippen MR) is 135 cm³/mol. The van der Waals surface area contributed by atoms with Crippen molar-refractivity contribution in [3.05, 3.63) is 71.4 Å². The number of oxazole rings is 1. The molecular formula is C24H15BF5N5O5S. The summed E-state index contributed by atoms with van der Waals surface area (Å²) in [5.41, 5.74) is -0.429. The van der Waals surface area contributed by atoms with Gasteiger partial charge in [-0.05, 0) is 36.4 Å². The summed E-state index contributed by atoms with van der Waals surface area (Å²) in [7, 11) is 1.73. The maximum Gasteiger partial charge on any atom is 0.499 e. The Labute approximate surface area is 228 Å². The van der Waals surface area contributed by atoms with Crippen LogP contribution in [0.3, 0.4) is 0 Å². The maximum atomic E-state index is 13.4. The third-order valence-electron chi connectivity index (χ3n) is 5.75. The minimum atomic E-state index is -5.97. The largest absolute Gasteiger partial charge is 0.499 e. The van der Waals surface area contributed by atoms with Gasteiger partial charge in [-0.2, -0.15) is 31.7 Å². The average molecular weight is 591 g/mol. The molecule has 10 nitrogen and oxygen atoms in total. The molecule has 0 fully saturated rings. The van der Waals surface area contributed by atoms with Gasteiger partial charge in [0.05, 0.1) is 16.3 Å². The quantitative estimate of drug-likeness (QED) is 0.209. The van der Waals surface area contributed by atoms with E-state index in [1.807, 2.05) is 0 Å². The van der Waals surface area contributed by atoms with Crippen LogP contribution in [0, 0.1) is 0 Å². The number of hydrogen-bond donors (Lipinski definition) is 0. The van der Waals surface area contributed by atoms with Crippen LogP contribution in [0.25, 0.3) is 34.2 Å². The zero-order chi connectivity index (χ0) is 29.7. The molecule has 2 radical (unpaired) electrons. The van der Waals surface area contributed by atoms with Crippen LogP contribution in [0.5, 0.6) is 5.75 Å². The van der Waals surface area contributed by atoms with Crippen molar-refractivity contribution in [2.45, 2.75) is 24.1 Å². The van der Waals surface area contributed by atoms with E-state index in [-0.39, 0.29) is 33.3 Å². The van der Waals surface area contributed by atoms with Gasteiger partial charge >= 0.3 is 18.0 Å². The van der Waals surface area contributed by atoms with E-state index in [4.69, 9.17) is 12.3 Å². The topological polar surface area (TPSA) is 122 Å².